The zero-order valence-corrected chi connectivity index (χ0v) is 15.9. The van der Waals surface area contributed by atoms with Crippen molar-refractivity contribution in [3.8, 4) is 0 Å². The van der Waals surface area contributed by atoms with Gasteiger partial charge in [-0.15, -0.1) is 0 Å². The third-order valence-electron chi connectivity index (χ3n) is 5.82. The van der Waals surface area contributed by atoms with E-state index in [1.54, 1.807) is 6.07 Å². The molecule has 2 fully saturated rings. The molecular formula is C23H26F2N2O. The normalized spacial score (nSPS) is 22.8. The lowest BCUT2D eigenvalue weighted by Gasteiger charge is -2.37. The summed E-state index contributed by atoms with van der Waals surface area (Å²) >= 11 is 0. The van der Waals surface area contributed by atoms with E-state index >= 15 is 0 Å². The van der Waals surface area contributed by atoms with Gasteiger partial charge in [0.15, 0.2) is 11.6 Å². The number of hydrogen-bond acceptors (Lipinski definition) is 2. The molecule has 1 amide bonds. The molecule has 0 spiro atoms. The Kier molecular flexibility index (Phi) is 5.72. The minimum absolute atomic E-state index is 0.0944. The molecule has 4 rings (SSSR count). The second-order valence-electron chi connectivity index (χ2n) is 8.17. The van der Waals surface area contributed by atoms with Crippen molar-refractivity contribution in [1.82, 2.24) is 10.2 Å². The maximum atomic E-state index is 13.6. The molecule has 28 heavy (non-hydrogen) atoms. The van der Waals surface area contributed by atoms with Crippen LogP contribution in [0.15, 0.2) is 48.5 Å². The fourth-order valence-corrected chi connectivity index (χ4v) is 4.08. The maximum Gasteiger partial charge on any atom is 0.224 e. The summed E-state index contributed by atoms with van der Waals surface area (Å²) in [5, 5.41) is 3.11. The van der Waals surface area contributed by atoms with Crippen molar-refractivity contribution in [1.29, 1.82) is 0 Å². The molecular weight excluding hydrogens is 358 g/mol. The SMILES string of the molecule is O=C(NCC1CC1)C1CC(c2ccccc2)CN(Cc2ccc(F)c(F)c2)C1. The Morgan fingerprint density at radius 2 is 1.82 bits per heavy atom. The van der Waals surface area contributed by atoms with Crippen molar-refractivity contribution in [3.05, 3.63) is 71.3 Å². The van der Waals surface area contributed by atoms with E-state index in [0.717, 1.165) is 25.1 Å². The summed E-state index contributed by atoms with van der Waals surface area (Å²) in [6.45, 7) is 2.72. The number of likely N-dealkylation sites (tertiary alicyclic amines) is 1. The standard InChI is InChI=1S/C23H26F2N2O/c24-21-9-8-17(10-22(21)25)13-27-14-19(18-4-2-1-3-5-18)11-20(15-27)23(28)26-12-16-6-7-16/h1-5,8-10,16,19-20H,6-7,11-15H2,(H,26,28). The molecule has 1 heterocycles. The van der Waals surface area contributed by atoms with Crippen LogP contribution in [0.2, 0.25) is 0 Å². The maximum absolute atomic E-state index is 13.6. The van der Waals surface area contributed by atoms with E-state index in [0.29, 0.717) is 19.0 Å². The number of hydrogen-bond donors (Lipinski definition) is 1. The minimum Gasteiger partial charge on any atom is -0.356 e. The zero-order valence-electron chi connectivity index (χ0n) is 15.9. The van der Waals surface area contributed by atoms with Crippen molar-refractivity contribution >= 4 is 5.91 Å². The molecule has 3 nitrogen and oxygen atoms in total. The molecule has 148 valence electrons. The third kappa shape index (κ3) is 4.76. The molecule has 1 saturated heterocycles. The van der Waals surface area contributed by atoms with E-state index in [1.165, 1.54) is 30.5 Å². The van der Waals surface area contributed by atoms with Gasteiger partial charge < -0.3 is 5.32 Å². The first-order valence-corrected chi connectivity index (χ1v) is 10.1. The number of benzene rings is 2. The minimum atomic E-state index is -0.832. The van der Waals surface area contributed by atoms with Crippen molar-refractivity contribution in [2.24, 2.45) is 11.8 Å². The second kappa shape index (κ2) is 8.39. The highest BCUT2D eigenvalue weighted by atomic mass is 19.2. The molecule has 2 atom stereocenters. The number of nitrogens with zero attached hydrogens (tertiary/aromatic N) is 1. The highest BCUT2D eigenvalue weighted by Gasteiger charge is 2.33. The fourth-order valence-electron chi connectivity index (χ4n) is 4.08. The van der Waals surface area contributed by atoms with E-state index in [9.17, 15) is 13.6 Å². The van der Waals surface area contributed by atoms with E-state index in [4.69, 9.17) is 0 Å². The lowest BCUT2D eigenvalue weighted by Crippen LogP contribution is -2.45. The number of nitrogens with one attached hydrogen (secondary N) is 1. The van der Waals surface area contributed by atoms with Crippen LogP contribution < -0.4 is 5.32 Å². The molecule has 2 aromatic rings. The molecule has 1 N–H and O–H groups in total. The van der Waals surface area contributed by atoms with Gasteiger partial charge in [0.05, 0.1) is 5.92 Å². The van der Waals surface area contributed by atoms with Gasteiger partial charge in [0, 0.05) is 26.2 Å². The van der Waals surface area contributed by atoms with Crippen LogP contribution in [0.5, 0.6) is 0 Å². The first-order valence-electron chi connectivity index (χ1n) is 10.1. The molecule has 5 heteroatoms. The highest BCUT2D eigenvalue weighted by Crippen LogP contribution is 2.32. The van der Waals surface area contributed by atoms with Crippen LogP contribution in [0.3, 0.4) is 0 Å². The molecule has 1 saturated carbocycles. The van der Waals surface area contributed by atoms with Crippen LogP contribution in [0.1, 0.15) is 36.3 Å². The van der Waals surface area contributed by atoms with Gasteiger partial charge in [0.2, 0.25) is 5.91 Å². The Morgan fingerprint density at radius 1 is 1.04 bits per heavy atom. The number of rotatable bonds is 6. The van der Waals surface area contributed by atoms with Crippen LogP contribution in [0, 0.1) is 23.5 Å². The summed E-state index contributed by atoms with van der Waals surface area (Å²) < 4.78 is 26.8. The van der Waals surface area contributed by atoms with Crippen LogP contribution >= 0.6 is 0 Å². The van der Waals surface area contributed by atoms with Gasteiger partial charge in [0.25, 0.3) is 0 Å². The summed E-state index contributed by atoms with van der Waals surface area (Å²) in [5.41, 5.74) is 1.95. The van der Waals surface area contributed by atoms with Gasteiger partial charge in [0.1, 0.15) is 0 Å². The number of halogens is 2. The van der Waals surface area contributed by atoms with Gasteiger partial charge in [-0.2, -0.15) is 0 Å². The van der Waals surface area contributed by atoms with E-state index in [2.05, 4.69) is 22.3 Å². The van der Waals surface area contributed by atoms with E-state index < -0.39 is 11.6 Å². The second-order valence-corrected chi connectivity index (χ2v) is 8.17. The molecule has 2 unspecified atom stereocenters. The third-order valence-corrected chi connectivity index (χ3v) is 5.82. The molecule has 1 aliphatic carbocycles. The number of carbonyl (C=O) groups excluding carboxylic acids is 1. The van der Waals surface area contributed by atoms with Gasteiger partial charge in [-0.25, -0.2) is 8.78 Å². The first kappa shape index (κ1) is 19.1. The first-order chi connectivity index (χ1) is 13.6. The monoisotopic (exact) mass is 384 g/mol. The molecule has 0 aromatic heterocycles. The average molecular weight is 384 g/mol. The lowest BCUT2D eigenvalue weighted by molar-refractivity contribution is -0.127. The van der Waals surface area contributed by atoms with Gasteiger partial charge >= 0.3 is 0 Å². The topological polar surface area (TPSA) is 32.3 Å². The van der Waals surface area contributed by atoms with Crippen molar-refractivity contribution in [2.45, 2.75) is 31.7 Å². The summed E-state index contributed by atoms with van der Waals surface area (Å²) in [6, 6.07) is 14.3. The molecule has 2 aromatic carbocycles. The Labute approximate surface area is 164 Å². The number of piperidine rings is 1. The summed E-state index contributed by atoms with van der Waals surface area (Å²) in [5.74, 6) is -0.742. The highest BCUT2D eigenvalue weighted by molar-refractivity contribution is 5.79. The van der Waals surface area contributed by atoms with Crippen molar-refractivity contribution < 1.29 is 13.6 Å². The quantitative estimate of drug-likeness (QED) is 0.813. The predicted molar refractivity (Wildman–Crippen MR) is 105 cm³/mol. The van der Waals surface area contributed by atoms with Gasteiger partial charge in [-0.05, 0) is 54.4 Å². The summed E-state index contributed by atoms with van der Waals surface area (Å²) in [6.07, 6.45) is 3.23. The Balaban J connectivity index is 1.48. The average Bonchev–Trinajstić information content (AvgIpc) is 3.54. The van der Waals surface area contributed by atoms with Gasteiger partial charge in [-0.3, -0.25) is 9.69 Å². The zero-order chi connectivity index (χ0) is 19.5. The van der Waals surface area contributed by atoms with Crippen LogP contribution in [-0.2, 0) is 11.3 Å². The largest absolute Gasteiger partial charge is 0.356 e. The lowest BCUT2D eigenvalue weighted by atomic mass is 9.84. The Hall–Kier alpha value is -2.27. The van der Waals surface area contributed by atoms with Crippen LogP contribution in [-0.4, -0.2) is 30.4 Å². The summed E-state index contributed by atoms with van der Waals surface area (Å²) in [7, 11) is 0. The van der Waals surface area contributed by atoms with E-state index in [-0.39, 0.29) is 17.7 Å². The Bertz CT molecular complexity index is 823. The van der Waals surface area contributed by atoms with Crippen LogP contribution in [0.4, 0.5) is 8.78 Å². The van der Waals surface area contributed by atoms with Gasteiger partial charge in [-0.1, -0.05) is 36.4 Å². The predicted octanol–water partition coefficient (Wildman–Crippen LogP) is 4.10. The molecule has 1 aliphatic heterocycles. The van der Waals surface area contributed by atoms with Crippen molar-refractivity contribution in [2.75, 3.05) is 19.6 Å². The molecule has 0 bridgehead atoms. The number of amides is 1. The van der Waals surface area contributed by atoms with Crippen LogP contribution in [0.25, 0.3) is 0 Å². The fraction of sp³-hybridized carbons (Fsp3) is 0.435. The Morgan fingerprint density at radius 3 is 2.54 bits per heavy atom. The van der Waals surface area contributed by atoms with Crippen molar-refractivity contribution in [3.63, 3.8) is 0 Å². The molecule has 0 radical (unpaired) electrons. The molecule has 2 aliphatic rings. The summed E-state index contributed by atoms with van der Waals surface area (Å²) in [4.78, 5) is 14.9. The van der Waals surface area contributed by atoms with E-state index in [1.807, 2.05) is 18.2 Å². The number of carbonyl (C=O) groups is 1. The smallest absolute Gasteiger partial charge is 0.224 e.